The Kier molecular flexibility index (Phi) is 7.24. The van der Waals surface area contributed by atoms with E-state index in [1.807, 2.05) is 31.2 Å². The van der Waals surface area contributed by atoms with Gasteiger partial charge in [0.25, 0.3) is 0 Å². The average Bonchev–Trinajstić information content (AvgIpc) is 2.11. The summed E-state index contributed by atoms with van der Waals surface area (Å²) in [7, 11) is 0. The molecule has 0 fully saturated rings. The van der Waals surface area contributed by atoms with E-state index in [0.717, 1.165) is 9.50 Å². The summed E-state index contributed by atoms with van der Waals surface area (Å²) in [6.07, 6.45) is 0. The molecule has 0 aliphatic heterocycles. The number of aliphatic imine (C=N–C) groups is 1. The van der Waals surface area contributed by atoms with Crippen LogP contribution in [0.2, 0.25) is 5.02 Å². The summed E-state index contributed by atoms with van der Waals surface area (Å²) in [5.74, 6) is 0.164. The van der Waals surface area contributed by atoms with E-state index < -0.39 is 0 Å². The molecule has 0 heterocycles. The fourth-order valence-electron chi connectivity index (χ4n) is 0.622. The molecule has 4 N–H and O–H groups in total. The molecule has 0 aromatic heterocycles. The Morgan fingerprint density at radius 3 is 2.21 bits per heavy atom. The second-order valence-corrected chi connectivity index (χ2v) is 3.57. The third-order valence-corrected chi connectivity index (χ3v) is 2.41. The Morgan fingerprint density at radius 1 is 1.43 bits per heavy atom. The number of hydrogen-bond donors (Lipinski definition) is 2. The summed E-state index contributed by atoms with van der Waals surface area (Å²) in [6, 6.07) is 7.57. The Morgan fingerprint density at radius 2 is 2.00 bits per heavy atom. The minimum absolute atomic E-state index is 0.164. The monoisotopic (exact) mass is 277 g/mol. The molecule has 5 heteroatoms. The number of nitrogens with two attached hydrogens (primary N) is 2. The van der Waals surface area contributed by atoms with Crippen LogP contribution >= 0.6 is 27.5 Å². The first-order valence-electron chi connectivity index (χ1n) is 4.03. The van der Waals surface area contributed by atoms with Gasteiger partial charge in [-0.15, -0.1) is 0 Å². The molecule has 1 aromatic rings. The molecule has 0 radical (unpaired) electrons. The zero-order valence-electron chi connectivity index (χ0n) is 7.87. The standard InChI is InChI=1S/C6H4BrCl.C3H9N3/c7-5-3-1-2-4-6(5)8;1-2-6-3(4)5/h1-4H;2H2,1H3,(H4,4,5,6). The molecule has 0 aliphatic rings. The molecule has 78 valence electrons. The number of halogens is 2. The first-order chi connectivity index (χ1) is 6.57. The molecule has 1 aromatic carbocycles. The summed E-state index contributed by atoms with van der Waals surface area (Å²) in [6.45, 7) is 2.54. The predicted octanol–water partition coefficient (Wildman–Crippen LogP) is 2.38. The summed E-state index contributed by atoms with van der Waals surface area (Å²) in [5.41, 5.74) is 9.86. The topological polar surface area (TPSA) is 64.4 Å². The van der Waals surface area contributed by atoms with Crippen molar-refractivity contribution in [2.45, 2.75) is 6.92 Å². The van der Waals surface area contributed by atoms with E-state index in [1.165, 1.54) is 0 Å². The third kappa shape index (κ3) is 6.74. The van der Waals surface area contributed by atoms with E-state index in [9.17, 15) is 0 Å². The summed E-state index contributed by atoms with van der Waals surface area (Å²) in [5, 5.41) is 0.757. The zero-order chi connectivity index (χ0) is 11.0. The van der Waals surface area contributed by atoms with Crippen LogP contribution in [0.4, 0.5) is 0 Å². The first kappa shape index (κ1) is 13.3. The summed E-state index contributed by atoms with van der Waals surface area (Å²) in [4.78, 5) is 3.60. The summed E-state index contributed by atoms with van der Waals surface area (Å²) < 4.78 is 0.946. The molecule has 0 spiro atoms. The van der Waals surface area contributed by atoms with Crippen molar-refractivity contribution in [3.05, 3.63) is 33.8 Å². The van der Waals surface area contributed by atoms with E-state index in [4.69, 9.17) is 23.1 Å². The highest BCUT2D eigenvalue weighted by Crippen LogP contribution is 2.20. The molecular weight excluding hydrogens is 265 g/mol. The second kappa shape index (κ2) is 7.64. The number of benzene rings is 1. The quantitative estimate of drug-likeness (QED) is 0.612. The van der Waals surface area contributed by atoms with Crippen LogP contribution < -0.4 is 11.5 Å². The van der Waals surface area contributed by atoms with Gasteiger partial charge in [-0.2, -0.15) is 0 Å². The lowest BCUT2D eigenvalue weighted by molar-refractivity contribution is 1.11. The van der Waals surface area contributed by atoms with Gasteiger partial charge in [0.15, 0.2) is 5.96 Å². The van der Waals surface area contributed by atoms with Crippen molar-refractivity contribution in [2.75, 3.05) is 6.54 Å². The largest absolute Gasteiger partial charge is 0.370 e. The zero-order valence-corrected chi connectivity index (χ0v) is 10.2. The van der Waals surface area contributed by atoms with Crippen molar-refractivity contribution in [1.82, 2.24) is 0 Å². The van der Waals surface area contributed by atoms with Crippen molar-refractivity contribution in [2.24, 2.45) is 16.5 Å². The molecule has 0 aliphatic carbocycles. The van der Waals surface area contributed by atoms with Crippen LogP contribution in [0.1, 0.15) is 6.92 Å². The number of nitrogens with zero attached hydrogens (tertiary/aromatic N) is 1. The maximum absolute atomic E-state index is 5.66. The third-order valence-electron chi connectivity index (χ3n) is 1.17. The van der Waals surface area contributed by atoms with Crippen molar-refractivity contribution in [3.63, 3.8) is 0 Å². The van der Waals surface area contributed by atoms with Crippen molar-refractivity contribution < 1.29 is 0 Å². The van der Waals surface area contributed by atoms with Crippen LogP contribution in [0.3, 0.4) is 0 Å². The normalized spacial score (nSPS) is 8.50. The lowest BCUT2D eigenvalue weighted by Gasteiger charge is -1.88. The molecular formula is C9H13BrClN3. The van der Waals surface area contributed by atoms with Crippen LogP contribution in [0.5, 0.6) is 0 Å². The van der Waals surface area contributed by atoms with Gasteiger partial charge in [0, 0.05) is 11.0 Å². The van der Waals surface area contributed by atoms with E-state index >= 15 is 0 Å². The van der Waals surface area contributed by atoms with E-state index in [0.29, 0.717) is 6.54 Å². The lowest BCUT2D eigenvalue weighted by atomic mass is 10.4. The van der Waals surface area contributed by atoms with E-state index in [-0.39, 0.29) is 5.96 Å². The second-order valence-electron chi connectivity index (χ2n) is 2.31. The van der Waals surface area contributed by atoms with Gasteiger partial charge in [-0.05, 0) is 35.0 Å². The minimum atomic E-state index is 0.164. The average molecular weight is 279 g/mol. The Bertz CT molecular complexity index is 277. The minimum Gasteiger partial charge on any atom is -0.370 e. The molecule has 14 heavy (non-hydrogen) atoms. The van der Waals surface area contributed by atoms with Gasteiger partial charge in [-0.1, -0.05) is 23.7 Å². The Balaban J connectivity index is 0.000000255. The summed E-state index contributed by atoms with van der Waals surface area (Å²) >= 11 is 8.93. The van der Waals surface area contributed by atoms with E-state index in [1.54, 1.807) is 0 Å². The number of hydrogen-bond acceptors (Lipinski definition) is 1. The van der Waals surface area contributed by atoms with Gasteiger partial charge in [0.2, 0.25) is 0 Å². The Hall–Kier alpha value is -0.740. The number of guanidine groups is 1. The number of rotatable bonds is 1. The Labute approximate surface area is 97.3 Å². The van der Waals surface area contributed by atoms with Crippen molar-refractivity contribution in [1.29, 1.82) is 0 Å². The van der Waals surface area contributed by atoms with Gasteiger partial charge in [0.05, 0.1) is 5.02 Å². The highest BCUT2D eigenvalue weighted by Gasteiger charge is 1.88. The molecule has 0 unspecified atom stereocenters. The highest BCUT2D eigenvalue weighted by molar-refractivity contribution is 9.10. The fourth-order valence-corrected chi connectivity index (χ4v) is 1.04. The maximum atomic E-state index is 5.66. The van der Waals surface area contributed by atoms with Gasteiger partial charge in [-0.25, -0.2) is 0 Å². The molecule has 0 amide bonds. The van der Waals surface area contributed by atoms with Gasteiger partial charge < -0.3 is 11.5 Å². The smallest absolute Gasteiger partial charge is 0.185 e. The molecule has 0 bridgehead atoms. The molecule has 0 saturated carbocycles. The van der Waals surface area contributed by atoms with Crippen LogP contribution in [-0.2, 0) is 0 Å². The van der Waals surface area contributed by atoms with Crippen LogP contribution in [-0.4, -0.2) is 12.5 Å². The predicted molar refractivity (Wildman–Crippen MR) is 65.5 cm³/mol. The molecule has 0 atom stereocenters. The highest BCUT2D eigenvalue weighted by atomic mass is 79.9. The van der Waals surface area contributed by atoms with Gasteiger partial charge in [-0.3, -0.25) is 4.99 Å². The molecule has 0 saturated heterocycles. The van der Waals surface area contributed by atoms with E-state index in [2.05, 4.69) is 20.9 Å². The van der Waals surface area contributed by atoms with Crippen molar-refractivity contribution in [3.8, 4) is 0 Å². The first-order valence-corrected chi connectivity index (χ1v) is 5.20. The van der Waals surface area contributed by atoms with Gasteiger partial charge in [0.1, 0.15) is 0 Å². The fraction of sp³-hybridized carbons (Fsp3) is 0.222. The van der Waals surface area contributed by atoms with Gasteiger partial charge >= 0.3 is 0 Å². The SMILES string of the molecule is CCN=C(N)N.Clc1ccccc1Br. The van der Waals surface area contributed by atoms with Crippen LogP contribution in [0.25, 0.3) is 0 Å². The molecule has 1 rings (SSSR count). The van der Waals surface area contributed by atoms with Crippen LogP contribution in [0, 0.1) is 0 Å². The lowest BCUT2D eigenvalue weighted by Crippen LogP contribution is -2.22. The van der Waals surface area contributed by atoms with Crippen molar-refractivity contribution >= 4 is 33.5 Å². The van der Waals surface area contributed by atoms with Crippen LogP contribution in [0.15, 0.2) is 33.7 Å². The maximum Gasteiger partial charge on any atom is 0.185 e. The molecule has 3 nitrogen and oxygen atoms in total.